The molecule has 1 saturated carbocycles. The smallest absolute Gasteiger partial charge is 0.274 e. The first kappa shape index (κ1) is 62.5. The number of amides is 3. The Hall–Kier alpha value is -7.59. The van der Waals surface area contributed by atoms with Crippen LogP contribution in [0.1, 0.15) is 93.9 Å². The minimum Gasteiger partial charge on any atom is -0.392 e. The maximum absolute atomic E-state index is 15.5. The topological polar surface area (TPSA) is 213 Å². The molecule has 4 aromatic heterocycles. The van der Waals surface area contributed by atoms with E-state index in [1.54, 1.807) is 55.0 Å². The number of halogens is 1. The van der Waals surface area contributed by atoms with Gasteiger partial charge in [0.2, 0.25) is 17.7 Å². The second-order valence-corrected chi connectivity index (χ2v) is 25.2. The quantitative estimate of drug-likeness (QED) is 0.0340. The number of likely N-dealkylation sites (tertiary alicyclic amines) is 1. The number of hydrogen-bond donors (Lipinski definition) is 5. The SMILES string of the molecule is Cc1ccsc1-c1ccc(CNC(=O)[C@@H]2C[C@@H](O)CN2C(=O)[C@@H](NC(=O)CCOCCOCCCCCN2CCN(c3ccc(Nc4cc(-c5cccc(-n6ccc7cc(C8CC8)cc(F)c7c6=O)c5CO)cn(C)c4=O)nc3)CC2)C(C)(C)C)cc1. The molecule has 5 N–H and O–H groups in total. The number of benzene rings is 3. The Morgan fingerprint density at radius 3 is 2.34 bits per heavy atom. The summed E-state index contributed by atoms with van der Waals surface area (Å²) >= 11 is 1.68. The van der Waals surface area contributed by atoms with Crippen molar-refractivity contribution in [2.75, 3.05) is 75.9 Å². The number of anilines is 3. The van der Waals surface area contributed by atoms with Crippen molar-refractivity contribution in [2.24, 2.45) is 12.5 Å². The molecule has 2 saturated heterocycles. The predicted octanol–water partition coefficient (Wildman–Crippen LogP) is 8.57. The van der Waals surface area contributed by atoms with E-state index in [0.717, 1.165) is 87.2 Å². The third-order valence-electron chi connectivity index (χ3n) is 16.8. The van der Waals surface area contributed by atoms with Crippen molar-refractivity contribution >= 4 is 57.0 Å². The van der Waals surface area contributed by atoms with E-state index < -0.39 is 47.5 Å². The number of aryl methyl sites for hydroxylation is 2. The van der Waals surface area contributed by atoms with Crippen LogP contribution in [-0.2, 0) is 44.1 Å². The molecular weight excluding hydrogens is 1130 g/mol. The van der Waals surface area contributed by atoms with E-state index in [4.69, 9.17) is 9.47 Å². The van der Waals surface area contributed by atoms with E-state index in [1.165, 1.54) is 30.5 Å². The van der Waals surface area contributed by atoms with Gasteiger partial charge in [-0.05, 0) is 138 Å². The van der Waals surface area contributed by atoms with Crippen LogP contribution in [0.5, 0.6) is 0 Å². The number of hydrogen-bond acceptors (Lipinski definition) is 14. The van der Waals surface area contributed by atoms with Crippen molar-refractivity contribution in [3.8, 4) is 27.3 Å². The van der Waals surface area contributed by atoms with Gasteiger partial charge in [0.15, 0.2) is 0 Å². The summed E-state index contributed by atoms with van der Waals surface area (Å²) in [7, 11) is 1.65. The van der Waals surface area contributed by atoms with E-state index in [9.17, 15) is 34.2 Å². The average molecular weight is 1210 g/mol. The molecule has 0 unspecified atom stereocenters. The van der Waals surface area contributed by atoms with Gasteiger partial charge in [-0.3, -0.25) is 33.4 Å². The molecule has 20 heteroatoms. The summed E-state index contributed by atoms with van der Waals surface area (Å²) in [4.78, 5) is 80.0. The van der Waals surface area contributed by atoms with Crippen LogP contribution in [0.2, 0.25) is 0 Å². The van der Waals surface area contributed by atoms with Crippen molar-refractivity contribution in [1.82, 2.24) is 34.6 Å². The number of unbranched alkanes of at least 4 members (excludes halogenated alkanes) is 2. The molecule has 18 nitrogen and oxygen atoms in total. The van der Waals surface area contributed by atoms with Crippen LogP contribution in [0.15, 0.2) is 118 Å². The summed E-state index contributed by atoms with van der Waals surface area (Å²) < 4.78 is 29.8. The highest BCUT2D eigenvalue weighted by Gasteiger charge is 2.44. The lowest BCUT2D eigenvalue weighted by Gasteiger charge is -2.36. The third-order valence-corrected chi connectivity index (χ3v) is 17.8. The molecule has 7 aromatic rings. The minimum atomic E-state index is -0.922. The van der Waals surface area contributed by atoms with E-state index >= 15 is 4.39 Å². The molecule has 3 amide bonds. The number of fused-ring (bicyclic) bond motifs is 1. The number of carbonyl (C=O) groups is 3. The molecule has 3 aliphatic rings. The second kappa shape index (κ2) is 28.1. The number of ether oxygens (including phenoxy) is 2. The van der Waals surface area contributed by atoms with Gasteiger partial charge in [0.25, 0.3) is 11.1 Å². The van der Waals surface area contributed by atoms with Gasteiger partial charge in [-0.25, -0.2) is 9.37 Å². The summed E-state index contributed by atoms with van der Waals surface area (Å²) in [6.07, 6.45) is 9.44. The number of aliphatic hydroxyl groups is 2. The van der Waals surface area contributed by atoms with Crippen molar-refractivity contribution in [1.29, 1.82) is 0 Å². The zero-order valence-corrected chi connectivity index (χ0v) is 51.2. The van der Waals surface area contributed by atoms with Gasteiger partial charge in [0.05, 0.1) is 55.5 Å². The highest BCUT2D eigenvalue weighted by atomic mass is 32.1. The van der Waals surface area contributed by atoms with Crippen LogP contribution < -0.4 is 32.0 Å². The van der Waals surface area contributed by atoms with Gasteiger partial charge in [-0.15, -0.1) is 11.3 Å². The molecule has 3 aromatic carbocycles. The fourth-order valence-electron chi connectivity index (χ4n) is 11.7. The van der Waals surface area contributed by atoms with Crippen LogP contribution in [0.25, 0.3) is 38.0 Å². The fourth-order valence-corrected chi connectivity index (χ4v) is 12.6. The number of pyridine rings is 3. The number of carbonyl (C=O) groups excluding carboxylic acids is 3. The molecule has 10 rings (SSSR count). The lowest BCUT2D eigenvalue weighted by Crippen LogP contribution is -2.57. The average Bonchev–Trinajstić information content (AvgIpc) is 1.52. The van der Waals surface area contributed by atoms with Crippen molar-refractivity contribution in [3.05, 3.63) is 158 Å². The Bertz CT molecular complexity index is 3680. The van der Waals surface area contributed by atoms with E-state index in [-0.39, 0.29) is 61.0 Å². The van der Waals surface area contributed by atoms with Crippen LogP contribution in [0, 0.1) is 18.2 Å². The lowest BCUT2D eigenvalue weighted by molar-refractivity contribution is -0.144. The Labute approximate surface area is 510 Å². The number of aliphatic hydroxyl groups excluding tert-OH is 2. The summed E-state index contributed by atoms with van der Waals surface area (Å²) in [5.74, 6) is -0.828. The van der Waals surface area contributed by atoms with E-state index in [0.29, 0.717) is 59.3 Å². The largest absolute Gasteiger partial charge is 0.392 e. The first-order chi connectivity index (χ1) is 41.9. The van der Waals surface area contributed by atoms with Gasteiger partial charge >= 0.3 is 0 Å². The molecule has 3 fully saturated rings. The molecule has 87 heavy (non-hydrogen) atoms. The van der Waals surface area contributed by atoms with Gasteiger partial charge in [0, 0.05) is 94.2 Å². The summed E-state index contributed by atoms with van der Waals surface area (Å²) in [6.45, 7) is 13.5. The molecule has 0 radical (unpaired) electrons. The Balaban J connectivity index is 0.606. The first-order valence-electron chi connectivity index (χ1n) is 30.3. The number of rotatable bonds is 25. The van der Waals surface area contributed by atoms with E-state index in [2.05, 4.69) is 49.1 Å². The van der Waals surface area contributed by atoms with Crippen molar-refractivity contribution in [3.63, 3.8) is 0 Å². The number of nitrogens with zero attached hydrogens (tertiary/aromatic N) is 6. The Kier molecular flexibility index (Phi) is 20.1. The molecule has 2 aliphatic heterocycles. The number of aromatic nitrogens is 3. The number of piperazine rings is 1. The summed E-state index contributed by atoms with van der Waals surface area (Å²) in [5, 5.41) is 33.0. The fraction of sp³-hybridized carbons (Fsp3) is 0.433. The van der Waals surface area contributed by atoms with Crippen LogP contribution >= 0.6 is 11.3 Å². The van der Waals surface area contributed by atoms with Crippen LogP contribution in [-0.4, -0.2) is 136 Å². The molecule has 3 atom stereocenters. The molecule has 1 aliphatic carbocycles. The zero-order valence-electron chi connectivity index (χ0n) is 50.4. The number of thiophene rings is 1. The molecule has 6 heterocycles. The van der Waals surface area contributed by atoms with Gasteiger partial charge in [0.1, 0.15) is 29.4 Å². The van der Waals surface area contributed by atoms with Crippen LogP contribution in [0.4, 0.5) is 21.6 Å². The number of β-amino-alcohol motifs (C(OH)–C–C–N with tert-alkyl or cyclic N) is 1. The molecule has 460 valence electrons. The highest BCUT2D eigenvalue weighted by Crippen LogP contribution is 2.41. The molecule has 0 spiro atoms. The Morgan fingerprint density at radius 1 is 0.874 bits per heavy atom. The predicted molar refractivity (Wildman–Crippen MR) is 338 cm³/mol. The summed E-state index contributed by atoms with van der Waals surface area (Å²) in [5.41, 5.74) is 6.07. The van der Waals surface area contributed by atoms with E-state index in [1.807, 2.05) is 75.5 Å². The lowest BCUT2D eigenvalue weighted by atomic mass is 9.85. The third kappa shape index (κ3) is 15.2. The first-order valence-corrected chi connectivity index (χ1v) is 31.2. The molecular formula is C67H80FN9O9S. The maximum atomic E-state index is 15.5. The summed E-state index contributed by atoms with van der Waals surface area (Å²) in [6, 6.07) is 24.3. The van der Waals surface area contributed by atoms with Crippen LogP contribution in [0.3, 0.4) is 0 Å². The number of nitrogens with one attached hydrogen (secondary N) is 3. The normalized spacial score (nSPS) is 16.8. The standard InChI is InChI=1S/C67H80FN9O9S/c1-43-22-33-87-61(43)46-14-12-44(13-15-46)38-70-63(81)57-37-51(79)41-77(57)66(84)62(67(2,3)4)72-59(80)21-30-86-32-31-85-29-8-6-7-23-74-25-27-75(28-26-74)50-18-19-58(69-39-50)71-55-36-49(40-73(5)64(55)82)52-10-9-11-56(53(52)42-78)76-24-20-47-34-48(45-16-17-45)35-54(68)60(47)65(76)83/h9-15,18-20,22,24,33-36,39-40,45,51,57,62,78-79H,6-8,16-17,21,23,25-32,37-38,41-42H2,1-5H3,(H,69,71)(H,70,81)(H,72,80)/t51-,57+,62-/m1/s1. The Morgan fingerprint density at radius 2 is 1.64 bits per heavy atom. The van der Waals surface area contributed by atoms with Gasteiger partial charge in [-0.1, -0.05) is 63.2 Å². The van der Waals surface area contributed by atoms with Gasteiger partial charge in [-0.2, -0.15) is 0 Å². The van der Waals surface area contributed by atoms with Crippen molar-refractivity contribution < 1.29 is 38.5 Å². The van der Waals surface area contributed by atoms with Crippen molar-refractivity contribution in [2.45, 2.75) is 110 Å². The second-order valence-electron chi connectivity index (χ2n) is 24.3. The highest BCUT2D eigenvalue weighted by molar-refractivity contribution is 7.13. The maximum Gasteiger partial charge on any atom is 0.274 e. The minimum absolute atomic E-state index is 0.00145. The van der Waals surface area contributed by atoms with Gasteiger partial charge < -0.3 is 50.0 Å². The molecule has 0 bridgehead atoms. The monoisotopic (exact) mass is 1210 g/mol. The zero-order chi connectivity index (χ0) is 61.4.